The molecule has 0 spiro atoms. The topological polar surface area (TPSA) is 102 Å². The highest BCUT2D eigenvalue weighted by Crippen LogP contribution is 2.42. The molecule has 0 atom stereocenters. The van der Waals surface area contributed by atoms with E-state index in [2.05, 4.69) is 25.3 Å². The van der Waals surface area contributed by atoms with Crippen LogP contribution in [0.5, 0.6) is 11.5 Å². The number of H-pyrrole nitrogens is 1. The third kappa shape index (κ3) is 4.11. The van der Waals surface area contributed by atoms with Crippen molar-refractivity contribution in [2.45, 2.75) is 24.9 Å². The quantitative estimate of drug-likeness (QED) is 0.332. The van der Waals surface area contributed by atoms with Gasteiger partial charge >= 0.3 is 6.18 Å². The van der Waals surface area contributed by atoms with E-state index >= 15 is 0 Å². The average molecular weight is 462 g/mol. The van der Waals surface area contributed by atoms with Crippen molar-refractivity contribution in [3.05, 3.63) is 59.6 Å². The number of pyridine rings is 1. The molecule has 0 amide bonds. The zero-order chi connectivity index (χ0) is 23.3. The van der Waals surface area contributed by atoms with Gasteiger partial charge in [0.15, 0.2) is 17.4 Å². The standard InChI is InChI=1S/C21H15F5N6O/c22-12-5-10(30-16-7-14(9-1-2-9)31-20(27)32-16)6-13(23)18(12)33-15-3-4-28-19-17(15)11(8-29-19)21(24,25)26/h3-9H,1-2H2,(H,28,29)(H3,27,30,31,32). The number of halogens is 5. The number of fused-ring (bicyclic) bond motifs is 1. The smallest absolute Gasteiger partial charge is 0.418 e. The zero-order valence-corrected chi connectivity index (χ0v) is 16.7. The van der Waals surface area contributed by atoms with E-state index in [1.54, 1.807) is 6.07 Å². The van der Waals surface area contributed by atoms with Crippen LogP contribution in [-0.2, 0) is 6.18 Å². The van der Waals surface area contributed by atoms with E-state index in [9.17, 15) is 22.0 Å². The number of alkyl halides is 3. The molecule has 0 aliphatic heterocycles. The number of nitrogens with zero attached hydrogens (tertiary/aromatic N) is 3. The van der Waals surface area contributed by atoms with Crippen LogP contribution in [0, 0.1) is 11.6 Å². The lowest BCUT2D eigenvalue weighted by molar-refractivity contribution is -0.136. The SMILES string of the molecule is Nc1nc(Nc2cc(F)c(Oc3ccnc4[nH]cc(C(F)(F)F)c34)c(F)c2)cc(C2CC2)n1. The number of aromatic amines is 1. The van der Waals surface area contributed by atoms with Crippen molar-refractivity contribution in [1.29, 1.82) is 0 Å². The van der Waals surface area contributed by atoms with Crippen LogP contribution in [0.15, 0.2) is 36.7 Å². The molecular weight excluding hydrogens is 447 g/mol. The fourth-order valence-corrected chi connectivity index (χ4v) is 3.46. The number of anilines is 3. The summed E-state index contributed by atoms with van der Waals surface area (Å²) in [6.07, 6.45) is -0.886. The summed E-state index contributed by atoms with van der Waals surface area (Å²) in [5, 5.41) is 2.33. The minimum atomic E-state index is -4.72. The number of nitrogen functional groups attached to an aromatic ring is 1. The third-order valence-corrected chi connectivity index (χ3v) is 5.08. The summed E-state index contributed by atoms with van der Waals surface area (Å²) in [6.45, 7) is 0. The van der Waals surface area contributed by atoms with Crippen molar-refractivity contribution >= 4 is 28.5 Å². The summed E-state index contributed by atoms with van der Waals surface area (Å²) in [4.78, 5) is 14.3. The second-order valence-corrected chi connectivity index (χ2v) is 7.54. The van der Waals surface area contributed by atoms with E-state index in [4.69, 9.17) is 10.5 Å². The maximum Gasteiger partial charge on any atom is 0.418 e. The minimum Gasteiger partial charge on any atom is -0.450 e. The van der Waals surface area contributed by atoms with Crippen LogP contribution in [0.3, 0.4) is 0 Å². The first-order valence-corrected chi connectivity index (χ1v) is 9.80. The molecule has 3 heterocycles. The maximum atomic E-state index is 14.7. The number of aromatic nitrogens is 4. The van der Waals surface area contributed by atoms with Crippen molar-refractivity contribution in [1.82, 2.24) is 19.9 Å². The molecule has 1 aliphatic rings. The Morgan fingerprint density at radius 1 is 1.09 bits per heavy atom. The van der Waals surface area contributed by atoms with Crippen molar-refractivity contribution in [2.24, 2.45) is 0 Å². The summed E-state index contributed by atoms with van der Waals surface area (Å²) in [5.74, 6) is -2.95. The fourth-order valence-electron chi connectivity index (χ4n) is 3.46. The highest BCUT2D eigenvalue weighted by molar-refractivity contribution is 5.87. The highest BCUT2D eigenvalue weighted by Gasteiger charge is 2.35. The molecule has 0 radical (unpaired) electrons. The predicted molar refractivity (Wildman–Crippen MR) is 109 cm³/mol. The Bertz CT molecular complexity index is 1340. The van der Waals surface area contributed by atoms with Gasteiger partial charge < -0.3 is 20.8 Å². The lowest BCUT2D eigenvalue weighted by Gasteiger charge is -2.13. The van der Waals surface area contributed by atoms with Gasteiger partial charge in [0.05, 0.1) is 16.6 Å². The average Bonchev–Trinajstić information content (AvgIpc) is 3.48. The summed E-state index contributed by atoms with van der Waals surface area (Å²) in [7, 11) is 0. The molecule has 1 fully saturated rings. The van der Waals surface area contributed by atoms with Gasteiger partial charge in [-0.3, -0.25) is 0 Å². The van der Waals surface area contributed by atoms with Gasteiger partial charge in [-0.1, -0.05) is 0 Å². The van der Waals surface area contributed by atoms with E-state index < -0.39 is 40.3 Å². The number of benzene rings is 1. The summed E-state index contributed by atoms with van der Waals surface area (Å²) in [5.41, 5.74) is 5.26. The van der Waals surface area contributed by atoms with Gasteiger partial charge in [0.1, 0.15) is 17.2 Å². The molecule has 1 aliphatic carbocycles. The molecule has 4 N–H and O–H groups in total. The molecule has 12 heteroatoms. The van der Waals surface area contributed by atoms with Gasteiger partial charge in [0, 0.05) is 42.2 Å². The van der Waals surface area contributed by atoms with Gasteiger partial charge in [-0.15, -0.1) is 0 Å². The highest BCUT2D eigenvalue weighted by atomic mass is 19.4. The zero-order valence-electron chi connectivity index (χ0n) is 16.7. The van der Waals surface area contributed by atoms with Crippen LogP contribution >= 0.6 is 0 Å². The summed E-state index contributed by atoms with van der Waals surface area (Å²) < 4.78 is 74.7. The Labute approximate surface area is 182 Å². The Hall–Kier alpha value is -3.96. The second-order valence-electron chi connectivity index (χ2n) is 7.54. The molecular formula is C21H15F5N6O. The van der Waals surface area contributed by atoms with Crippen molar-refractivity contribution in [2.75, 3.05) is 11.1 Å². The second kappa shape index (κ2) is 7.57. The van der Waals surface area contributed by atoms with Crippen LogP contribution in [0.2, 0.25) is 0 Å². The van der Waals surface area contributed by atoms with E-state index in [1.807, 2.05) is 0 Å². The number of hydrogen-bond donors (Lipinski definition) is 3. The Morgan fingerprint density at radius 3 is 2.48 bits per heavy atom. The van der Waals surface area contributed by atoms with Gasteiger partial charge in [-0.05, 0) is 18.9 Å². The fraction of sp³-hybridized carbons (Fsp3) is 0.190. The van der Waals surface area contributed by atoms with Gasteiger partial charge in [0.25, 0.3) is 0 Å². The molecule has 33 heavy (non-hydrogen) atoms. The van der Waals surface area contributed by atoms with Crippen molar-refractivity contribution in [3.63, 3.8) is 0 Å². The molecule has 4 aromatic rings. The molecule has 0 unspecified atom stereocenters. The van der Waals surface area contributed by atoms with Crippen molar-refractivity contribution in [3.8, 4) is 11.5 Å². The normalized spacial score (nSPS) is 14.0. The number of rotatable bonds is 5. The predicted octanol–water partition coefficient (Wildman–Crippen LogP) is 5.65. The monoisotopic (exact) mass is 462 g/mol. The maximum absolute atomic E-state index is 14.7. The van der Waals surface area contributed by atoms with Gasteiger partial charge in [-0.25, -0.2) is 18.7 Å². The number of nitrogens with one attached hydrogen (secondary N) is 2. The Kier molecular flexibility index (Phi) is 4.80. The number of nitrogens with two attached hydrogens (primary N) is 1. The summed E-state index contributed by atoms with van der Waals surface area (Å²) in [6, 6.07) is 4.62. The van der Waals surface area contributed by atoms with E-state index in [0.717, 1.165) is 42.9 Å². The third-order valence-electron chi connectivity index (χ3n) is 5.08. The van der Waals surface area contributed by atoms with Crippen LogP contribution in [0.4, 0.5) is 39.4 Å². The van der Waals surface area contributed by atoms with Crippen LogP contribution in [-0.4, -0.2) is 19.9 Å². The molecule has 0 saturated heterocycles. The summed E-state index contributed by atoms with van der Waals surface area (Å²) >= 11 is 0. The largest absolute Gasteiger partial charge is 0.450 e. The van der Waals surface area contributed by atoms with Crippen molar-refractivity contribution < 1.29 is 26.7 Å². The Balaban J connectivity index is 1.46. The number of ether oxygens (including phenoxy) is 1. The minimum absolute atomic E-state index is 0.00898. The lowest BCUT2D eigenvalue weighted by atomic mass is 10.2. The van der Waals surface area contributed by atoms with Crippen LogP contribution in [0.1, 0.15) is 30.0 Å². The first-order chi connectivity index (χ1) is 15.7. The van der Waals surface area contributed by atoms with E-state index in [-0.39, 0.29) is 29.0 Å². The molecule has 7 nitrogen and oxygen atoms in total. The molecule has 1 saturated carbocycles. The van der Waals surface area contributed by atoms with Crippen LogP contribution < -0.4 is 15.8 Å². The lowest BCUT2D eigenvalue weighted by Crippen LogP contribution is -2.05. The number of hydrogen-bond acceptors (Lipinski definition) is 6. The van der Waals surface area contributed by atoms with Gasteiger partial charge in [-0.2, -0.15) is 18.2 Å². The van der Waals surface area contributed by atoms with E-state index in [1.165, 1.54) is 0 Å². The molecule has 0 bridgehead atoms. The molecule has 1 aromatic carbocycles. The Morgan fingerprint density at radius 2 is 1.82 bits per heavy atom. The molecule has 170 valence electrons. The van der Waals surface area contributed by atoms with Crippen LogP contribution in [0.25, 0.3) is 11.0 Å². The van der Waals surface area contributed by atoms with Gasteiger partial charge in [0.2, 0.25) is 5.95 Å². The molecule has 5 rings (SSSR count). The van der Waals surface area contributed by atoms with E-state index in [0.29, 0.717) is 6.20 Å². The first kappa shape index (κ1) is 20.9. The molecule has 3 aromatic heterocycles. The first-order valence-electron chi connectivity index (χ1n) is 9.80.